The molecule has 29 heavy (non-hydrogen) atoms. The first kappa shape index (κ1) is 22.9. The summed E-state index contributed by atoms with van der Waals surface area (Å²) in [6.45, 7) is 7.55. The van der Waals surface area contributed by atoms with Crippen LogP contribution in [-0.2, 0) is 14.3 Å². The minimum absolute atomic E-state index is 0.0430. The molecule has 2 rings (SSSR count). The Balaban J connectivity index is 1.71. The van der Waals surface area contributed by atoms with Crippen LogP contribution in [0.15, 0.2) is 34.8 Å². The Morgan fingerprint density at radius 1 is 1.07 bits per heavy atom. The van der Waals surface area contributed by atoms with Crippen LogP contribution in [0.5, 0.6) is 0 Å². The Hall–Kier alpha value is -2.35. The van der Waals surface area contributed by atoms with Crippen LogP contribution in [0, 0.1) is 0 Å². The van der Waals surface area contributed by atoms with Crippen LogP contribution in [0.2, 0.25) is 0 Å². The first-order valence-electron chi connectivity index (χ1n) is 9.61. The molecule has 1 aromatic rings. The molecule has 0 radical (unpaired) electrons. The summed E-state index contributed by atoms with van der Waals surface area (Å²) in [5.41, 5.74) is 0.385. The quantitative estimate of drug-likeness (QED) is 0.677. The maximum absolute atomic E-state index is 12.3. The van der Waals surface area contributed by atoms with Crippen molar-refractivity contribution in [3.8, 4) is 0 Å². The molecule has 8 heteroatoms. The van der Waals surface area contributed by atoms with Gasteiger partial charge in [-0.25, -0.2) is 4.79 Å². The number of hydrogen-bond donors (Lipinski definition) is 1. The average Bonchev–Trinajstić information content (AvgIpc) is 2.66. The third-order valence-corrected chi connectivity index (χ3v) is 4.77. The number of carbonyl (C=O) groups is 3. The molecular formula is C21H28BrN3O4. The highest BCUT2D eigenvalue weighted by Crippen LogP contribution is 2.12. The lowest BCUT2D eigenvalue weighted by molar-refractivity contribution is -0.137. The number of hydrogen-bond acceptors (Lipinski definition) is 4. The number of halogens is 1. The van der Waals surface area contributed by atoms with E-state index in [0.29, 0.717) is 26.2 Å². The van der Waals surface area contributed by atoms with Crippen molar-refractivity contribution in [2.75, 3.05) is 32.7 Å². The standard InChI is InChI=1S/C21H28BrN3O4/c1-21(2,3)29-20(28)23-11-10-19(27)25-14-12-24(13-15-25)18(26)9-6-16-4-7-17(22)8-5-16/h4-9H,10-15H2,1-3H3,(H,23,28)/b9-6+. The SMILES string of the molecule is CC(C)(C)OC(=O)NCCC(=O)N1CCN(C(=O)/C=C/c2ccc(Br)cc2)CC1. The zero-order chi connectivity index (χ0) is 21.4. The van der Waals surface area contributed by atoms with Crippen LogP contribution in [0.1, 0.15) is 32.8 Å². The van der Waals surface area contributed by atoms with E-state index in [1.165, 1.54) is 0 Å². The number of ether oxygens (including phenoxy) is 1. The highest BCUT2D eigenvalue weighted by Gasteiger charge is 2.23. The third-order valence-electron chi connectivity index (χ3n) is 4.24. The van der Waals surface area contributed by atoms with Crippen molar-refractivity contribution in [3.05, 3.63) is 40.4 Å². The lowest BCUT2D eigenvalue weighted by Gasteiger charge is -2.34. The highest BCUT2D eigenvalue weighted by atomic mass is 79.9. The molecule has 1 fully saturated rings. The summed E-state index contributed by atoms with van der Waals surface area (Å²) in [7, 11) is 0. The van der Waals surface area contributed by atoms with Gasteiger partial charge in [-0.2, -0.15) is 0 Å². The predicted octanol–water partition coefficient (Wildman–Crippen LogP) is 3.05. The van der Waals surface area contributed by atoms with Gasteiger partial charge in [0, 0.05) is 49.7 Å². The second-order valence-corrected chi connectivity index (χ2v) is 8.69. The maximum atomic E-state index is 12.3. The highest BCUT2D eigenvalue weighted by molar-refractivity contribution is 9.10. The molecule has 7 nitrogen and oxygen atoms in total. The van der Waals surface area contributed by atoms with Gasteiger partial charge < -0.3 is 19.9 Å². The van der Waals surface area contributed by atoms with Crippen molar-refractivity contribution in [3.63, 3.8) is 0 Å². The fourth-order valence-corrected chi connectivity index (χ4v) is 3.03. The summed E-state index contributed by atoms with van der Waals surface area (Å²) >= 11 is 3.38. The molecule has 1 aliphatic rings. The van der Waals surface area contributed by atoms with Gasteiger partial charge >= 0.3 is 6.09 Å². The van der Waals surface area contributed by atoms with Crippen molar-refractivity contribution in [1.29, 1.82) is 0 Å². The van der Waals surface area contributed by atoms with Gasteiger partial charge in [0.1, 0.15) is 5.60 Å². The van der Waals surface area contributed by atoms with Crippen molar-refractivity contribution in [1.82, 2.24) is 15.1 Å². The molecule has 1 aliphatic heterocycles. The van der Waals surface area contributed by atoms with Gasteiger partial charge in [0.05, 0.1) is 0 Å². The Morgan fingerprint density at radius 2 is 1.66 bits per heavy atom. The molecule has 0 unspecified atom stereocenters. The summed E-state index contributed by atoms with van der Waals surface area (Å²) in [4.78, 5) is 39.7. The minimum Gasteiger partial charge on any atom is -0.444 e. The van der Waals surface area contributed by atoms with Crippen molar-refractivity contribution < 1.29 is 19.1 Å². The van der Waals surface area contributed by atoms with Crippen LogP contribution in [0.25, 0.3) is 6.08 Å². The van der Waals surface area contributed by atoms with Gasteiger partial charge in [0.2, 0.25) is 11.8 Å². The largest absolute Gasteiger partial charge is 0.444 e. The zero-order valence-electron chi connectivity index (χ0n) is 17.1. The molecule has 0 bridgehead atoms. The topological polar surface area (TPSA) is 79.0 Å². The normalized spacial score (nSPS) is 14.8. The van der Waals surface area contributed by atoms with Gasteiger partial charge in [-0.1, -0.05) is 28.1 Å². The predicted molar refractivity (Wildman–Crippen MR) is 115 cm³/mol. The molecule has 0 atom stereocenters. The molecule has 0 aliphatic carbocycles. The molecule has 0 spiro atoms. The summed E-state index contributed by atoms with van der Waals surface area (Å²) < 4.78 is 6.13. The van der Waals surface area contributed by atoms with Crippen molar-refractivity contribution >= 4 is 39.9 Å². The van der Waals surface area contributed by atoms with E-state index in [0.717, 1.165) is 10.0 Å². The Labute approximate surface area is 180 Å². The fraction of sp³-hybridized carbons (Fsp3) is 0.476. The smallest absolute Gasteiger partial charge is 0.407 e. The van der Waals surface area contributed by atoms with E-state index in [2.05, 4.69) is 21.2 Å². The number of alkyl carbamates (subject to hydrolysis) is 1. The number of amides is 3. The van der Waals surface area contributed by atoms with Gasteiger partial charge in [-0.3, -0.25) is 9.59 Å². The van der Waals surface area contributed by atoms with Crippen LogP contribution >= 0.6 is 15.9 Å². The molecule has 0 saturated carbocycles. The Morgan fingerprint density at radius 3 is 2.24 bits per heavy atom. The fourth-order valence-electron chi connectivity index (χ4n) is 2.77. The number of carbonyl (C=O) groups excluding carboxylic acids is 3. The summed E-state index contributed by atoms with van der Waals surface area (Å²) in [6.07, 6.45) is 3.02. The van der Waals surface area contributed by atoms with E-state index in [4.69, 9.17) is 4.74 Å². The van der Waals surface area contributed by atoms with E-state index in [-0.39, 0.29) is 24.8 Å². The molecule has 1 aromatic carbocycles. The monoisotopic (exact) mass is 465 g/mol. The Bertz CT molecular complexity index is 748. The molecule has 1 saturated heterocycles. The molecule has 0 aromatic heterocycles. The van der Waals surface area contributed by atoms with Gasteiger partial charge in [-0.15, -0.1) is 0 Å². The number of piperazine rings is 1. The average molecular weight is 466 g/mol. The van der Waals surface area contributed by atoms with Crippen LogP contribution in [0.4, 0.5) is 4.79 Å². The van der Waals surface area contributed by atoms with Gasteiger partial charge in [-0.05, 0) is 44.5 Å². The first-order valence-corrected chi connectivity index (χ1v) is 10.4. The van der Waals surface area contributed by atoms with E-state index in [1.807, 2.05) is 24.3 Å². The zero-order valence-corrected chi connectivity index (χ0v) is 18.7. The van der Waals surface area contributed by atoms with Crippen molar-refractivity contribution in [2.24, 2.45) is 0 Å². The van der Waals surface area contributed by atoms with Gasteiger partial charge in [0.15, 0.2) is 0 Å². The molecule has 1 heterocycles. The lowest BCUT2D eigenvalue weighted by atomic mass is 10.2. The molecule has 158 valence electrons. The van der Waals surface area contributed by atoms with E-state index < -0.39 is 11.7 Å². The summed E-state index contributed by atoms with van der Waals surface area (Å²) in [5, 5.41) is 2.59. The molecule has 3 amide bonds. The molecular weight excluding hydrogens is 438 g/mol. The summed E-state index contributed by atoms with van der Waals surface area (Å²) in [5.74, 6) is -0.106. The number of nitrogens with one attached hydrogen (secondary N) is 1. The van der Waals surface area contributed by atoms with E-state index >= 15 is 0 Å². The van der Waals surface area contributed by atoms with E-state index in [9.17, 15) is 14.4 Å². The van der Waals surface area contributed by atoms with E-state index in [1.54, 1.807) is 42.7 Å². The van der Waals surface area contributed by atoms with Crippen LogP contribution in [0.3, 0.4) is 0 Å². The van der Waals surface area contributed by atoms with Crippen molar-refractivity contribution in [2.45, 2.75) is 32.8 Å². The van der Waals surface area contributed by atoms with Gasteiger partial charge in [0.25, 0.3) is 0 Å². The Kier molecular flexibility index (Phi) is 8.25. The third kappa shape index (κ3) is 8.27. The number of benzene rings is 1. The number of nitrogens with zero attached hydrogens (tertiary/aromatic N) is 2. The van der Waals surface area contributed by atoms with Crippen LogP contribution < -0.4 is 5.32 Å². The minimum atomic E-state index is -0.567. The first-order chi connectivity index (χ1) is 13.6. The molecule has 1 N–H and O–H groups in total. The second-order valence-electron chi connectivity index (χ2n) is 7.77. The maximum Gasteiger partial charge on any atom is 0.407 e. The lowest BCUT2D eigenvalue weighted by Crippen LogP contribution is -2.50. The number of rotatable bonds is 5. The van der Waals surface area contributed by atoms with Crippen LogP contribution in [-0.4, -0.2) is 66.0 Å². The second kappa shape index (κ2) is 10.4. The summed E-state index contributed by atoms with van der Waals surface area (Å²) in [6, 6.07) is 7.70.